The second kappa shape index (κ2) is 8.56. The van der Waals surface area contributed by atoms with E-state index in [2.05, 4.69) is 69.2 Å². The van der Waals surface area contributed by atoms with Gasteiger partial charge < -0.3 is 4.74 Å². The van der Waals surface area contributed by atoms with Gasteiger partial charge >= 0.3 is 0 Å². The highest BCUT2D eigenvalue weighted by Crippen LogP contribution is 2.36. The summed E-state index contributed by atoms with van der Waals surface area (Å²) in [7, 11) is 0. The van der Waals surface area contributed by atoms with Crippen molar-refractivity contribution in [3.8, 4) is 0 Å². The summed E-state index contributed by atoms with van der Waals surface area (Å²) in [5, 5.41) is 0. The van der Waals surface area contributed by atoms with Crippen LogP contribution in [0.4, 0.5) is 0 Å². The quantitative estimate of drug-likeness (QED) is 0.436. The van der Waals surface area contributed by atoms with E-state index in [-0.39, 0.29) is 11.2 Å². The highest BCUT2D eigenvalue weighted by Gasteiger charge is 2.37. The van der Waals surface area contributed by atoms with Crippen LogP contribution in [-0.2, 0) is 4.74 Å². The summed E-state index contributed by atoms with van der Waals surface area (Å²) in [5.41, 5.74) is -0.118. The van der Waals surface area contributed by atoms with E-state index >= 15 is 0 Å². The van der Waals surface area contributed by atoms with Crippen molar-refractivity contribution in [1.29, 1.82) is 0 Å². The van der Waals surface area contributed by atoms with Crippen molar-refractivity contribution in [3.05, 3.63) is 0 Å². The molecule has 0 aliphatic rings. The van der Waals surface area contributed by atoms with Crippen molar-refractivity contribution >= 4 is 0 Å². The first-order valence-electron chi connectivity index (χ1n) is 9.16. The predicted octanol–water partition coefficient (Wildman–Crippen LogP) is 6.70. The maximum atomic E-state index is 6.64. The van der Waals surface area contributed by atoms with E-state index in [1.807, 2.05) is 0 Å². The zero-order valence-corrected chi connectivity index (χ0v) is 16.5. The Morgan fingerprint density at radius 3 is 1.19 bits per heavy atom. The molecule has 0 N–H and O–H groups in total. The summed E-state index contributed by atoms with van der Waals surface area (Å²) in [6.07, 6.45) is 5.01. The van der Waals surface area contributed by atoms with Crippen LogP contribution in [0.3, 0.4) is 0 Å². The van der Waals surface area contributed by atoms with E-state index in [1.54, 1.807) is 0 Å². The van der Waals surface area contributed by atoms with Crippen molar-refractivity contribution in [2.45, 2.75) is 106 Å². The highest BCUT2D eigenvalue weighted by molar-refractivity contribution is 4.85. The molecule has 0 aliphatic heterocycles. The summed E-state index contributed by atoms with van der Waals surface area (Å²) >= 11 is 0. The Bertz CT molecular complexity index is 252. The van der Waals surface area contributed by atoms with Crippen LogP contribution in [0, 0.1) is 23.7 Å². The molecule has 21 heavy (non-hydrogen) atoms. The Kier molecular flexibility index (Phi) is 8.54. The summed E-state index contributed by atoms with van der Waals surface area (Å²) in [6.45, 7) is 23.1. The predicted molar refractivity (Wildman–Crippen MR) is 95.7 cm³/mol. The molecule has 0 rings (SSSR count). The lowest BCUT2D eigenvalue weighted by Gasteiger charge is -2.44. The molecular weight excluding hydrogens is 256 g/mol. The molecule has 4 atom stereocenters. The molecule has 0 spiro atoms. The molecule has 128 valence electrons. The monoisotopic (exact) mass is 298 g/mol. The van der Waals surface area contributed by atoms with Crippen LogP contribution in [0.2, 0.25) is 0 Å². The van der Waals surface area contributed by atoms with Crippen LogP contribution in [-0.4, -0.2) is 11.2 Å². The number of ether oxygens (including phenoxy) is 1. The van der Waals surface area contributed by atoms with E-state index in [9.17, 15) is 0 Å². The molecule has 0 aromatic heterocycles. The van der Waals surface area contributed by atoms with Crippen molar-refractivity contribution in [2.75, 3.05) is 0 Å². The minimum Gasteiger partial charge on any atom is -0.369 e. The normalized spacial score (nSPS) is 19.1. The molecule has 0 aliphatic carbocycles. The summed E-state index contributed by atoms with van der Waals surface area (Å²) in [5.74, 6) is 2.73. The van der Waals surface area contributed by atoms with Gasteiger partial charge in [-0.1, -0.05) is 54.4 Å². The Morgan fingerprint density at radius 2 is 0.952 bits per heavy atom. The molecule has 4 unspecified atom stereocenters. The summed E-state index contributed by atoms with van der Waals surface area (Å²) < 4.78 is 6.64. The lowest BCUT2D eigenvalue weighted by molar-refractivity contribution is -0.172. The molecule has 1 heteroatoms. The van der Waals surface area contributed by atoms with Gasteiger partial charge in [-0.3, -0.25) is 0 Å². The molecule has 0 saturated carbocycles. The Balaban J connectivity index is 4.72. The summed E-state index contributed by atoms with van der Waals surface area (Å²) in [4.78, 5) is 0. The van der Waals surface area contributed by atoms with E-state index in [1.165, 1.54) is 25.7 Å². The third-order valence-electron chi connectivity index (χ3n) is 5.81. The Hall–Kier alpha value is -0.0400. The molecule has 1 nitrogen and oxygen atoms in total. The lowest BCUT2D eigenvalue weighted by atomic mass is 9.80. The van der Waals surface area contributed by atoms with Gasteiger partial charge in [0.2, 0.25) is 0 Å². The number of hydrogen-bond acceptors (Lipinski definition) is 1. The molecule has 0 saturated heterocycles. The maximum absolute atomic E-state index is 6.64. The molecule has 0 fully saturated rings. The van der Waals surface area contributed by atoms with Crippen molar-refractivity contribution in [2.24, 2.45) is 23.7 Å². The van der Waals surface area contributed by atoms with E-state index in [0.29, 0.717) is 11.8 Å². The van der Waals surface area contributed by atoms with Crippen LogP contribution in [0.1, 0.15) is 94.9 Å². The van der Waals surface area contributed by atoms with Crippen molar-refractivity contribution < 1.29 is 4.74 Å². The zero-order valence-electron chi connectivity index (χ0n) is 16.5. The average Bonchev–Trinajstić information content (AvgIpc) is 2.36. The zero-order chi connectivity index (χ0) is 16.8. The fourth-order valence-electron chi connectivity index (χ4n) is 2.99. The Labute approximate surface area is 135 Å². The standard InChI is InChI=1S/C20H42O/c1-11-15(3)13-17(5)19(7,8)21-20(9,10)18(6)14-16(4)12-2/h15-18H,11-14H2,1-10H3. The highest BCUT2D eigenvalue weighted by atomic mass is 16.5. The molecule has 0 amide bonds. The maximum Gasteiger partial charge on any atom is 0.0659 e. The molecule has 0 bridgehead atoms. The van der Waals surface area contributed by atoms with Crippen LogP contribution < -0.4 is 0 Å². The minimum absolute atomic E-state index is 0.0589. The first-order valence-corrected chi connectivity index (χ1v) is 9.16. The molecule has 0 heterocycles. The van der Waals surface area contributed by atoms with Gasteiger partial charge in [0.15, 0.2) is 0 Å². The van der Waals surface area contributed by atoms with Gasteiger partial charge in [-0.05, 0) is 64.2 Å². The molecule has 0 radical (unpaired) electrons. The molecule has 0 aromatic carbocycles. The topological polar surface area (TPSA) is 9.23 Å². The fraction of sp³-hybridized carbons (Fsp3) is 1.00. The first-order chi connectivity index (χ1) is 9.46. The molecule has 0 aromatic rings. The van der Waals surface area contributed by atoms with Crippen LogP contribution in [0.15, 0.2) is 0 Å². The smallest absolute Gasteiger partial charge is 0.0659 e. The van der Waals surface area contributed by atoms with Gasteiger partial charge in [0.05, 0.1) is 11.2 Å². The minimum atomic E-state index is -0.0589. The molecular formula is C20H42O. The number of rotatable bonds is 10. The third-order valence-corrected chi connectivity index (χ3v) is 5.81. The Morgan fingerprint density at radius 1 is 0.667 bits per heavy atom. The lowest BCUT2D eigenvalue weighted by Crippen LogP contribution is -2.45. The van der Waals surface area contributed by atoms with E-state index < -0.39 is 0 Å². The van der Waals surface area contributed by atoms with Crippen LogP contribution >= 0.6 is 0 Å². The van der Waals surface area contributed by atoms with Gasteiger partial charge in [0, 0.05) is 0 Å². The van der Waals surface area contributed by atoms with Crippen LogP contribution in [0.5, 0.6) is 0 Å². The van der Waals surface area contributed by atoms with Gasteiger partial charge in [0.25, 0.3) is 0 Å². The third kappa shape index (κ3) is 7.17. The SMILES string of the molecule is CCC(C)CC(C)C(C)(C)OC(C)(C)C(C)CC(C)CC. The largest absolute Gasteiger partial charge is 0.369 e. The second-order valence-corrected chi connectivity index (χ2v) is 8.61. The van der Waals surface area contributed by atoms with E-state index in [0.717, 1.165) is 11.8 Å². The van der Waals surface area contributed by atoms with Gasteiger partial charge in [-0.15, -0.1) is 0 Å². The average molecular weight is 299 g/mol. The van der Waals surface area contributed by atoms with Crippen LogP contribution in [0.25, 0.3) is 0 Å². The summed E-state index contributed by atoms with van der Waals surface area (Å²) in [6, 6.07) is 0. The van der Waals surface area contributed by atoms with E-state index in [4.69, 9.17) is 4.74 Å². The van der Waals surface area contributed by atoms with Gasteiger partial charge in [0.1, 0.15) is 0 Å². The second-order valence-electron chi connectivity index (χ2n) is 8.61. The van der Waals surface area contributed by atoms with Crippen molar-refractivity contribution in [1.82, 2.24) is 0 Å². The van der Waals surface area contributed by atoms with Gasteiger partial charge in [-0.2, -0.15) is 0 Å². The first kappa shape index (κ1) is 21.0. The van der Waals surface area contributed by atoms with Gasteiger partial charge in [-0.25, -0.2) is 0 Å². The number of hydrogen-bond donors (Lipinski definition) is 0. The van der Waals surface area contributed by atoms with Crippen molar-refractivity contribution in [3.63, 3.8) is 0 Å². The fourth-order valence-corrected chi connectivity index (χ4v) is 2.99.